The molecule has 1 saturated heterocycles. The molecule has 0 unspecified atom stereocenters. The summed E-state index contributed by atoms with van der Waals surface area (Å²) >= 11 is 6.17. The smallest absolute Gasteiger partial charge is 0.233 e. The lowest BCUT2D eigenvalue weighted by atomic mass is 9.63. The normalized spacial score (nSPS) is 40.0. The third-order valence-electron chi connectivity index (χ3n) is 8.57. The summed E-state index contributed by atoms with van der Waals surface area (Å²) < 4.78 is 0. The molecule has 162 valence electrons. The van der Waals surface area contributed by atoms with Crippen LogP contribution in [0.1, 0.15) is 37.7 Å². The molecule has 0 spiro atoms. The Hall–Kier alpha value is -2.14. The maximum Gasteiger partial charge on any atom is 0.233 e. The van der Waals surface area contributed by atoms with E-state index in [1.165, 1.54) is 6.42 Å². The number of benzene rings is 1. The molecule has 6 aliphatic rings. The van der Waals surface area contributed by atoms with Gasteiger partial charge in [0.25, 0.3) is 0 Å². The van der Waals surface area contributed by atoms with E-state index in [0.717, 1.165) is 5.56 Å². The number of rotatable bonds is 3. The van der Waals surface area contributed by atoms with Gasteiger partial charge in [-0.3, -0.25) is 19.3 Å². The summed E-state index contributed by atoms with van der Waals surface area (Å²) in [6.07, 6.45) is 8.42. The zero-order chi connectivity index (χ0) is 21.4. The molecule has 6 atom stereocenters. The number of amides is 3. The Morgan fingerprint density at radius 2 is 1.61 bits per heavy atom. The average Bonchev–Trinajstić information content (AvgIpc) is 3.54. The maximum absolute atomic E-state index is 13.3. The van der Waals surface area contributed by atoms with Crippen molar-refractivity contribution in [2.45, 2.75) is 45.1 Å². The van der Waals surface area contributed by atoms with E-state index in [1.807, 2.05) is 19.1 Å². The summed E-state index contributed by atoms with van der Waals surface area (Å²) in [5.74, 6) is 1.55. The second-order valence-electron chi connectivity index (χ2n) is 10.2. The van der Waals surface area contributed by atoms with Crippen molar-refractivity contribution in [1.29, 1.82) is 0 Å². The van der Waals surface area contributed by atoms with Gasteiger partial charge in [0.05, 0.1) is 11.8 Å². The van der Waals surface area contributed by atoms with Crippen molar-refractivity contribution < 1.29 is 14.4 Å². The van der Waals surface area contributed by atoms with Crippen molar-refractivity contribution in [1.82, 2.24) is 4.90 Å². The Morgan fingerprint density at radius 3 is 2.19 bits per heavy atom. The van der Waals surface area contributed by atoms with Gasteiger partial charge >= 0.3 is 0 Å². The second-order valence-corrected chi connectivity index (χ2v) is 10.6. The number of aryl methyl sites for hydroxylation is 1. The monoisotopic (exact) mass is 438 g/mol. The molecular weight excluding hydrogens is 412 g/mol. The molecule has 2 bridgehead atoms. The minimum Gasteiger partial charge on any atom is -0.326 e. The molecule has 0 radical (unpaired) electrons. The summed E-state index contributed by atoms with van der Waals surface area (Å²) in [6, 6.07) is 5.47. The summed E-state index contributed by atoms with van der Waals surface area (Å²) in [5, 5.41) is 3.61. The molecule has 0 aromatic heterocycles. The molecule has 1 aromatic rings. The molecule has 5 nitrogen and oxygen atoms in total. The average molecular weight is 439 g/mol. The highest BCUT2D eigenvalue weighted by atomic mass is 35.5. The van der Waals surface area contributed by atoms with Gasteiger partial charge < -0.3 is 5.32 Å². The summed E-state index contributed by atoms with van der Waals surface area (Å²) in [5.41, 5.74) is 1.68. The van der Waals surface area contributed by atoms with Crippen LogP contribution in [0.15, 0.2) is 30.4 Å². The number of hydrogen-bond acceptors (Lipinski definition) is 3. The minimum atomic E-state index is -0.126. The molecule has 1 aromatic carbocycles. The summed E-state index contributed by atoms with van der Waals surface area (Å²) in [7, 11) is 0. The minimum absolute atomic E-state index is 0.00607. The molecule has 6 heteroatoms. The zero-order valence-corrected chi connectivity index (χ0v) is 18.3. The Balaban J connectivity index is 1.11. The van der Waals surface area contributed by atoms with E-state index in [4.69, 9.17) is 11.6 Å². The summed E-state index contributed by atoms with van der Waals surface area (Å²) in [6.45, 7) is 1.93. The van der Waals surface area contributed by atoms with Crippen LogP contribution in [-0.4, -0.2) is 28.7 Å². The van der Waals surface area contributed by atoms with Crippen molar-refractivity contribution in [2.24, 2.45) is 41.4 Å². The lowest BCUT2D eigenvalue weighted by Gasteiger charge is -2.37. The molecule has 7 rings (SSSR count). The third-order valence-corrected chi connectivity index (χ3v) is 8.98. The number of carbonyl (C=O) groups excluding carboxylic acids is 3. The Bertz CT molecular complexity index is 976. The number of nitrogens with one attached hydrogen (secondary N) is 1. The first kappa shape index (κ1) is 19.5. The molecule has 1 aliphatic heterocycles. The van der Waals surface area contributed by atoms with Crippen molar-refractivity contribution >= 4 is 35.0 Å². The lowest BCUT2D eigenvalue weighted by Crippen LogP contribution is -2.44. The quantitative estimate of drug-likeness (QED) is 0.568. The highest BCUT2D eigenvalue weighted by molar-refractivity contribution is 6.31. The number of anilines is 1. The molecule has 31 heavy (non-hydrogen) atoms. The highest BCUT2D eigenvalue weighted by Crippen LogP contribution is 2.65. The SMILES string of the molecule is Cc1ccc(NC(=O)C2CCC(N3C(=O)[C@@H]4[C@H]5C=C[C@H]([C@H]6C[C@H]56)[C@@H]4C3=O)CC2)cc1Cl. The van der Waals surface area contributed by atoms with Crippen LogP contribution in [0.5, 0.6) is 0 Å². The topological polar surface area (TPSA) is 66.5 Å². The van der Waals surface area contributed by atoms with E-state index in [9.17, 15) is 14.4 Å². The molecule has 1 heterocycles. The van der Waals surface area contributed by atoms with E-state index in [0.29, 0.717) is 48.2 Å². The van der Waals surface area contributed by atoms with Crippen LogP contribution in [0.3, 0.4) is 0 Å². The van der Waals surface area contributed by atoms with Gasteiger partial charge in [0.1, 0.15) is 0 Å². The Labute approximate surface area is 187 Å². The van der Waals surface area contributed by atoms with E-state index >= 15 is 0 Å². The first-order valence-electron chi connectivity index (χ1n) is 11.6. The maximum atomic E-state index is 13.3. The van der Waals surface area contributed by atoms with Gasteiger partial charge in [-0.2, -0.15) is 0 Å². The van der Waals surface area contributed by atoms with E-state index in [1.54, 1.807) is 11.0 Å². The first-order valence-corrected chi connectivity index (χ1v) is 11.9. The molecular formula is C25H27ClN2O3. The van der Waals surface area contributed by atoms with Gasteiger partial charge in [0.2, 0.25) is 17.7 Å². The zero-order valence-electron chi connectivity index (χ0n) is 17.6. The number of imide groups is 1. The predicted molar refractivity (Wildman–Crippen MR) is 117 cm³/mol. The van der Waals surface area contributed by atoms with Gasteiger partial charge in [-0.25, -0.2) is 0 Å². The van der Waals surface area contributed by atoms with Crippen LogP contribution in [0, 0.1) is 48.3 Å². The Kier molecular flexibility index (Phi) is 4.37. The third kappa shape index (κ3) is 2.92. The number of halogens is 1. The van der Waals surface area contributed by atoms with E-state index in [-0.39, 0.29) is 53.4 Å². The van der Waals surface area contributed by atoms with Crippen LogP contribution in [0.25, 0.3) is 0 Å². The van der Waals surface area contributed by atoms with Gasteiger partial charge in [-0.05, 0) is 80.4 Å². The predicted octanol–water partition coefficient (Wildman–Crippen LogP) is 4.20. The first-order chi connectivity index (χ1) is 14.9. The van der Waals surface area contributed by atoms with Gasteiger partial charge in [0.15, 0.2) is 0 Å². The van der Waals surface area contributed by atoms with E-state index < -0.39 is 0 Å². The van der Waals surface area contributed by atoms with Crippen LogP contribution >= 0.6 is 11.6 Å². The standard InChI is InChI=1S/C25H27ClN2O3/c1-12-2-5-14(10-20(12)26)27-23(29)13-3-6-15(7-4-13)28-24(30)21-16-8-9-17(19-11-18(16)19)22(21)25(28)31/h2,5,8-10,13,15-19,21-22H,3-4,6-7,11H2,1H3,(H,27,29)/t13?,15?,16-,17+,18-,19-,21+,22-/m1/s1. The highest BCUT2D eigenvalue weighted by Gasteiger charge is 2.67. The summed E-state index contributed by atoms with van der Waals surface area (Å²) in [4.78, 5) is 41.0. The van der Waals surface area contributed by atoms with Crippen LogP contribution in [0.4, 0.5) is 5.69 Å². The van der Waals surface area contributed by atoms with Crippen molar-refractivity contribution in [3.8, 4) is 0 Å². The van der Waals surface area contributed by atoms with Gasteiger partial charge in [-0.15, -0.1) is 0 Å². The fourth-order valence-corrected chi connectivity index (χ4v) is 7.03. The molecule has 5 aliphatic carbocycles. The number of likely N-dealkylation sites (tertiary alicyclic amines) is 1. The molecule has 4 fully saturated rings. The molecule has 3 amide bonds. The van der Waals surface area contributed by atoms with Crippen LogP contribution < -0.4 is 5.32 Å². The van der Waals surface area contributed by atoms with Crippen LogP contribution in [0.2, 0.25) is 5.02 Å². The number of carbonyl (C=O) groups is 3. The molecule has 3 saturated carbocycles. The fourth-order valence-electron chi connectivity index (χ4n) is 6.85. The number of allylic oxidation sites excluding steroid dienone is 2. The van der Waals surface area contributed by atoms with Crippen molar-refractivity contribution in [2.75, 3.05) is 5.32 Å². The van der Waals surface area contributed by atoms with Gasteiger partial charge in [-0.1, -0.05) is 29.8 Å². The largest absolute Gasteiger partial charge is 0.326 e. The van der Waals surface area contributed by atoms with Gasteiger partial charge in [0, 0.05) is 22.7 Å². The molecule has 1 N–H and O–H groups in total. The van der Waals surface area contributed by atoms with Crippen molar-refractivity contribution in [3.05, 3.63) is 40.9 Å². The van der Waals surface area contributed by atoms with E-state index in [2.05, 4.69) is 17.5 Å². The van der Waals surface area contributed by atoms with Crippen LogP contribution in [-0.2, 0) is 14.4 Å². The van der Waals surface area contributed by atoms with Crippen molar-refractivity contribution in [3.63, 3.8) is 0 Å². The Morgan fingerprint density at radius 1 is 1.00 bits per heavy atom. The second kappa shape index (κ2) is 6.93. The lowest BCUT2D eigenvalue weighted by molar-refractivity contribution is -0.144. The number of nitrogens with zero attached hydrogens (tertiary/aromatic N) is 1. The number of hydrogen-bond donors (Lipinski definition) is 1. The fraction of sp³-hybridized carbons (Fsp3) is 0.560.